The SMILES string of the molecule is CC(CC=O)CC(=O)OC(C)(C)C.COC(C)(C)C.Cc1ccc(-c2ccccc2)cc1.NC=O. The molecule has 0 aliphatic carbocycles. The van der Waals surface area contributed by atoms with Crippen molar-refractivity contribution >= 4 is 18.7 Å². The minimum Gasteiger partial charge on any atom is -0.460 e. The Morgan fingerprint density at radius 2 is 1.31 bits per heavy atom. The summed E-state index contributed by atoms with van der Waals surface area (Å²) >= 11 is 0. The van der Waals surface area contributed by atoms with E-state index in [1.807, 2.05) is 54.5 Å². The number of aldehydes is 1. The highest BCUT2D eigenvalue weighted by Gasteiger charge is 2.17. The van der Waals surface area contributed by atoms with E-state index >= 15 is 0 Å². The molecular formula is C29H45NO5. The molecule has 1 unspecified atom stereocenters. The molecule has 0 radical (unpaired) electrons. The second-order valence-electron chi connectivity index (χ2n) is 9.98. The van der Waals surface area contributed by atoms with Crippen LogP contribution in [-0.4, -0.2) is 37.0 Å². The molecule has 0 heterocycles. The van der Waals surface area contributed by atoms with Crippen LogP contribution in [0.2, 0.25) is 0 Å². The zero-order valence-corrected chi connectivity index (χ0v) is 23.0. The van der Waals surface area contributed by atoms with E-state index in [9.17, 15) is 9.59 Å². The van der Waals surface area contributed by atoms with Gasteiger partial charge >= 0.3 is 5.97 Å². The number of hydrogen-bond acceptors (Lipinski definition) is 5. The highest BCUT2D eigenvalue weighted by molar-refractivity contribution is 5.70. The molecule has 6 heteroatoms. The Kier molecular flexibility index (Phi) is 17.9. The fourth-order valence-electron chi connectivity index (χ4n) is 2.29. The van der Waals surface area contributed by atoms with E-state index in [2.05, 4.69) is 61.2 Å². The average molecular weight is 488 g/mol. The first-order valence-corrected chi connectivity index (χ1v) is 11.7. The molecule has 0 bridgehead atoms. The molecule has 0 aliphatic rings. The second kappa shape index (κ2) is 18.4. The summed E-state index contributed by atoms with van der Waals surface area (Å²) in [6.07, 6.45) is 1.81. The van der Waals surface area contributed by atoms with Gasteiger partial charge in [0, 0.05) is 20.0 Å². The number of carbonyl (C=O) groups is 3. The summed E-state index contributed by atoms with van der Waals surface area (Å²) in [5.74, 6) is -0.158. The number of aryl methyl sites for hydroxylation is 1. The molecule has 2 rings (SSSR count). The second-order valence-corrected chi connectivity index (χ2v) is 9.98. The van der Waals surface area contributed by atoms with Crippen molar-refractivity contribution in [1.82, 2.24) is 0 Å². The molecule has 2 N–H and O–H groups in total. The zero-order valence-electron chi connectivity index (χ0n) is 23.0. The highest BCUT2D eigenvalue weighted by atomic mass is 16.6. The zero-order chi connectivity index (χ0) is 27.5. The van der Waals surface area contributed by atoms with E-state index in [0.717, 1.165) is 6.29 Å². The highest BCUT2D eigenvalue weighted by Crippen LogP contribution is 2.18. The Balaban J connectivity index is 0. The molecule has 1 atom stereocenters. The van der Waals surface area contributed by atoms with Gasteiger partial charge in [-0.25, -0.2) is 0 Å². The summed E-state index contributed by atoms with van der Waals surface area (Å²) in [6, 6.07) is 19.0. The summed E-state index contributed by atoms with van der Waals surface area (Å²) in [6.45, 7) is 15.5. The largest absolute Gasteiger partial charge is 0.460 e. The molecule has 0 aromatic heterocycles. The normalized spacial score (nSPS) is 11.1. The Morgan fingerprint density at radius 1 is 0.886 bits per heavy atom. The molecule has 2 aromatic carbocycles. The van der Waals surface area contributed by atoms with E-state index in [1.165, 1.54) is 16.7 Å². The number of nitrogens with two attached hydrogens (primary N) is 1. The lowest BCUT2D eigenvalue weighted by atomic mass is 10.0. The molecule has 35 heavy (non-hydrogen) atoms. The van der Waals surface area contributed by atoms with Crippen LogP contribution in [0.5, 0.6) is 0 Å². The molecule has 0 saturated carbocycles. The molecule has 1 amide bonds. The van der Waals surface area contributed by atoms with Crippen molar-refractivity contribution in [2.75, 3.05) is 7.11 Å². The summed E-state index contributed by atoms with van der Waals surface area (Å²) in [5, 5.41) is 0. The lowest BCUT2D eigenvalue weighted by Gasteiger charge is -2.20. The van der Waals surface area contributed by atoms with Crippen LogP contribution in [-0.2, 0) is 23.9 Å². The first-order chi connectivity index (χ1) is 16.2. The van der Waals surface area contributed by atoms with E-state index in [0.29, 0.717) is 12.8 Å². The van der Waals surface area contributed by atoms with E-state index in [1.54, 1.807) is 7.11 Å². The third-order valence-electron chi connectivity index (χ3n) is 4.20. The number of rotatable bonds is 5. The van der Waals surface area contributed by atoms with Crippen molar-refractivity contribution in [3.05, 3.63) is 60.2 Å². The van der Waals surface area contributed by atoms with Gasteiger partial charge in [-0.15, -0.1) is 0 Å². The maximum Gasteiger partial charge on any atom is 0.306 e. The van der Waals surface area contributed by atoms with Gasteiger partial charge in [0.1, 0.15) is 11.9 Å². The van der Waals surface area contributed by atoms with Crippen molar-refractivity contribution in [2.24, 2.45) is 11.7 Å². The van der Waals surface area contributed by atoms with Crippen molar-refractivity contribution in [3.63, 3.8) is 0 Å². The van der Waals surface area contributed by atoms with Crippen molar-refractivity contribution in [1.29, 1.82) is 0 Å². The number of benzene rings is 2. The number of hydrogen-bond donors (Lipinski definition) is 1. The number of ether oxygens (including phenoxy) is 2. The molecule has 6 nitrogen and oxygen atoms in total. The minimum absolute atomic E-state index is 0.0417. The Labute approximate surface area is 212 Å². The first kappa shape index (κ1) is 34.2. The summed E-state index contributed by atoms with van der Waals surface area (Å²) in [7, 11) is 1.71. The van der Waals surface area contributed by atoms with Crippen LogP contribution >= 0.6 is 0 Å². The third-order valence-corrected chi connectivity index (χ3v) is 4.20. The van der Waals surface area contributed by atoms with Crippen LogP contribution in [0.15, 0.2) is 54.6 Å². The van der Waals surface area contributed by atoms with Gasteiger partial charge in [-0.2, -0.15) is 0 Å². The van der Waals surface area contributed by atoms with Gasteiger partial charge in [-0.3, -0.25) is 9.59 Å². The van der Waals surface area contributed by atoms with Crippen LogP contribution in [0, 0.1) is 12.8 Å². The quantitative estimate of drug-likeness (QED) is 0.404. The molecular weight excluding hydrogens is 442 g/mol. The van der Waals surface area contributed by atoms with E-state index < -0.39 is 5.60 Å². The molecule has 0 aliphatic heterocycles. The summed E-state index contributed by atoms with van der Waals surface area (Å²) in [4.78, 5) is 29.9. The number of amides is 1. The maximum absolute atomic E-state index is 11.2. The van der Waals surface area contributed by atoms with Crippen LogP contribution in [0.3, 0.4) is 0 Å². The third kappa shape index (κ3) is 22.6. The smallest absolute Gasteiger partial charge is 0.306 e. The molecule has 0 fully saturated rings. The predicted molar refractivity (Wildman–Crippen MR) is 144 cm³/mol. The molecule has 196 valence electrons. The topological polar surface area (TPSA) is 95.7 Å². The van der Waals surface area contributed by atoms with Crippen LogP contribution in [0.4, 0.5) is 0 Å². The lowest BCUT2D eigenvalue weighted by Crippen LogP contribution is -2.24. The predicted octanol–water partition coefficient (Wildman–Crippen LogP) is 6.14. The average Bonchev–Trinajstić information content (AvgIpc) is 2.74. The van der Waals surface area contributed by atoms with Crippen LogP contribution in [0.25, 0.3) is 11.1 Å². The van der Waals surface area contributed by atoms with Gasteiger partial charge in [0.2, 0.25) is 6.41 Å². The van der Waals surface area contributed by atoms with Gasteiger partial charge in [-0.1, -0.05) is 67.1 Å². The Hall–Kier alpha value is -2.99. The number of primary amides is 1. The van der Waals surface area contributed by atoms with Gasteiger partial charge < -0.3 is 20.0 Å². The van der Waals surface area contributed by atoms with Crippen molar-refractivity contribution in [3.8, 4) is 11.1 Å². The van der Waals surface area contributed by atoms with Gasteiger partial charge in [-0.05, 0) is 65.5 Å². The van der Waals surface area contributed by atoms with E-state index in [4.69, 9.17) is 14.3 Å². The maximum atomic E-state index is 11.2. The molecule has 2 aromatic rings. The van der Waals surface area contributed by atoms with Crippen LogP contribution in [0.1, 0.15) is 66.9 Å². The Bertz CT molecular complexity index is 819. The number of carbonyl (C=O) groups excluding carboxylic acids is 3. The van der Waals surface area contributed by atoms with Gasteiger partial charge in [0.15, 0.2) is 0 Å². The van der Waals surface area contributed by atoms with Gasteiger partial charge in [0.05, 0.1) is 5.60 Å². The van der Waals surface area contributed by atoms with Gasteiger partial charge in [0.25, 0.3) is 0 Å². The number of methoxy groups -OCH3 is 1. The monoisotopic (exact) mass is 487 g/mol. The molecule has 0 spiro atoms. The van der Waals surface area contributed by atoms with Crippen molar-refractivity contribution in [2.45, 2.75) is 79.4 Å². The van der Waals surface area contributed by atoms with Crippen LogP contribution < -0.4 is 5.73 Å². The standard InChI is InChI=1S/C13H12.C10H18O3.C5H12O.CH3NO/c1-11-7-9-13(10-8-11)12-5-3-2-4-6-12;1-8(5-6-11)7-9(12)13-10(2,3)4;1-5(2,3)6-4;2-1-3/h2-10H,1H3;6,8H,5,7H2,1-4H3;1-4H3;1H,(H2,2,3). The fourth-order valence-corrected chi connectivity index (χ4v) is 2.29. The lowest BCUT2D eigenvalue weighted by molar-refractivity contribution is -0.155. The minimum atomic E-state index is -0.433. The van der Waals surface area contributed by atoms with E-state index in [-0.39, 0.29) is 23.9 Å². The first-order valence-electron chi connectivity index (χ1n) is 11.7. The molecule has 0 saturated heterocycles. The Morgan fingerprint density at radius 3 is 1.69 bits per heavy atom. The fraction of sp³-hybridized carbons (Fsp3) is 0.483. The number of esters is 1. The summed E-state index contributed by atoms with van der Waals surface area (Å²) in [5.41, 5.74) is 7.64. The van der Waals surface area contributed by atoms with Crippen molar-refractivity contribution < 1.29 is 23.9 Å². The summed E-state index contributed by atoms with van der Waals surface area (Å²) < 4.78 is 10.0.